The van der Waals surface area contributed by atoms with Gasteiger partial charge in [0.25, 0.3) is 0 Å². The molecule has 18 heavy (non-hydrogen) atoms. The van der Waals surface area contributed by atoms with Gasteiger partial charge >= 0.3 is 0 Å². The van der Waals surface area contributed by atoms with E-state index in [0.29, 0.717) is 0 Å². The third-order valence-electron chi connectivity index (χ3n) is 3.08. The first-order chi connectivity index (χ1) is 8.69. The summed E-state index contributed by atoms with van der Waals surface area (Å²) in [4.78, 5) is 8.88. The van der Waals surface area contributed by atoms with Crippen molar-refractivity contribution in [2.24, 2.45) is 4.99 Å². The van der Waals surface area contributed by atoms with E-state index in [2.05, 4.69) is 47.6 Å². The summed E-state index contributed by atoms with van der Waals surface area (Å²) in [5.41, 5.74) is 0. The maximum atomic E-state index is 4.30. The molecule has 0 bridgehead atoms. The Morgan fingerprint density at radius 1 is 1.28 bits per heavy atom. The molecule has 0 heterocycles. The van der Waals surface area contributed by atoms with Gasteiger partial charge in [0.05, 0.1) is 0 Å². The Morgan fingerprint density at radius 2 is 1.94 bits per heavy atom. The SMILES string of the molecule is C=CCCCN(C)C(=NC)NCCN(CC)CC. The van der Waals surface area contributed by atoms with Crippen molar-refractivity contribution >= 4 is 5.96 Å². The van der Waals surface area contributed by atoms with Crippen molar-refractivity contribution < 1.29 is 0 Å². The van der Waals surface area contributed by atoms with E-state index in [9.17, 15) is 0 Å². The number of aliphatic imine (C=N–C) groups is 1. The van der Waals surface area contributed by atoms with Gasteiger partial charge in [0.15, 0.2) is 5.96 Å². The average Bonchev–Trinajstić information content (AvgIpc) is 2.39. The van der Waals surface area contributed by atoms with Gasteiger partial charge in [0.1, 0.15) is 0 Å². The van der Waals surface area contributed by atoms with Crippen molar-refractivity contribution in [1.82, 2.24) is 15.1 Å². The number of nitrogens with one attached hydrogen (secondary N) is 1. The first kappa shape index (κ1) is 17.0. The highest BCUT2D eigenvalue weighted by Crippen LogP contribution is 1.94. The standard InChI is InChI=1S/C14H30N4/c1-6-9-10-12-17(5)14(15-4)16-11-13-18(7-2)8-3/h6H,1,7-13H2,2-5H3,(H,15,16). The molecule has 1 N–H and O–H groups in total. The summed E-state index contributed by atoms with van der Waals surface area (Å²) in [6.45, 7) is 13.4. The summed E-state index contributed by atoms with van der Waals surface area (Å²) >= 11 is 0. The molecule has 0 aliphatic carbocycles. The van der Waals surface area contributed by atoms with Crippen LogP contribution < -0.4 is 5.32 Å². The second kappa shape index (κ2) is 11.1. The molecule has 0 aliphatic rings. The van der Waals surface area contributed by atoms with Crippen LogP contribution in [0.25, 0.3) is 0 Å². The third-order valence-corrected chi connectivity index (χ3v) is 3.08. The van der Waals surface area contributed by atoms with Gasteiger partial charge in [0, 0.05) is 33.7 Å². The summed E-state index contributed by atoms with van der Waals surface area (Å²) < 4.78 is 0. The molecule has 0 rings (SSSR count). The Labute approximate surface area is 113 Å². The molecule has 0 saturated carbocycles. The molecule has 0 amide bonds. The normalized spacial score (nSPS) is 11.7. The van der Waals surface area contributed by atoms with E-state index >= 15 is 0 Å². The van der Waals surface area contributed by atoms with Crippen LogP contribution in [0.4, 0.5) is 0 Å². The molecule has 0 aliphatic heterocycles. The maximum Gasteiger partial charge on any atom is 0.193 e. The lowest BCUT2D eigenvalue weighted by Crippen LogP contribution is -2.42. The molecule has 0 spiro atoms. The fourth-order valence-corrected chi connectivity index (χ4v) is 1.83. The van der Waals surface area contributed by atoms with Crippen LogP contribution in [0.1, 0.15) is 26.7 Å². The highest BCUT2D eigenvalue weighted by molar-refractivity contribution is 5.79. The molecule has 0 saturated heterocycles. The second-order valence-corrected chi connectivity index (χ2v) is 4.35. The fraction of sp³-hybridized carbons (Fsp3) is 0.786. The van der Waals surface area contributed by atoms with Crippen molar-refractivity contribution in [3.63, 3.8) is 0 Å². The predicted molar refractivity (Wildman–Crippen MR) is 81.2 cm³/mol. The van der Waals surface area contributed by atoms with E-state index < -0.39 is 0 Å². The lowest BCUT2D eigenvalue weighted by molar-refractivity contribution is 0.306. The van der Waals surface area contributed by atoms with E-state index in [0.717, 1.165) is 51.5 Å². The van der Waals surface area contributed by atoms with Gasteiger partial charge in [-0.2, -0.15) is 0 Å². The summed E-state index contributed by atoms with van der Waals surface area (Å²) in [7, 11) is 3.92. The van der Waals surface area contributed by atoms with Crippen LogP contribution in [-0.4, -0.2) is 62.6 Å². The summed E-state index contributed by atoms with van der Waals surface area (Å²) in [6.07, 6.45) is 4.14. The molecule has 0 aromatic rings. The molecule has 0 aromatic heterocycles. The van der Waals surface area contributed by atoms with E-state index in [1.807, 2.05) is 13.1 Å². The number of likely N-dealkylation sites (N-methyl/N-ethyl adjacent to an activating group) is 1. The summed E-state index contributed by atoms with van der Waals surface area (Å²) in [6, 6.07) is 0. The zero-order chi connectivity index (χ0) is 13.8. The Balaban J connectivity index is 3.92. The van der Waals surface area contributed by atoms with Crippen molar-refractivity contribution in [3.8, 4) is 0 Å². The smallest absolute Gasteiger partial charge is 0.193 e. The molecule has 0 aromatic carbocycles. The third kappa shape index (κ3) is 7.33. The first-order valence-electron chi connectivity index (χ1n) is 6.94. The van der Waals surface area contributed by atoms with Crippen molar-refractivity contribution in [2.45, 2.75) is 26.7 Å². The minimum atomic E-state index is 0.945. The van der Waals surface area contributed by atoms with Gasteiger partial charge in [-0.05, 0) is 25.9 Å². The van der Waals surface area contributed by atoms with Crippen LogP contribution in [-0.2, 0) is 0 Å². The molecule has 4 nitrogen and oxygen atoms in total. The largest absolute Gasteiger partial charge is 0.355 e. The predicted octanol–water partition coefficient (Wildman–Crippen LogP) is 1.80. The zero-order valence-electron chi connectivity index (χ0n) is 12.6. The average molecular weight is 254 g/mol. The Bertz CT molecular complexity index is 234. The maximum absolute atomic E-state index is 4.30. The Morgan fingerprint density at radius 3 is 2.44 bits per heavy atom. The first-order valence-corrected chi connectivity index (χ1v) is 6.94. The van der Waals surface area contributed by atoms with E-state index in [1.165, 1.54) is 0 Å². The Kier molecular flexibility index (Phi) is 10.4. The van der Waals surface area contributed by atoms with Crippen LogP contribution in [0.3, 0.4) is 0 Å². The lowest BCUT2D eigenvalue weighted by Gasteiger charge is -2.24. The van der Waals surface area contributed by atoms with Gasteiger partial charge in [0.2, 0.25) is 0 Å². The summed E-state index contributed by atoms with van der Waals surface area (Å²) in [5.74, 6) is 0.978. The zero-order valence-corrected chi connectivity index (χ0v) is 12.6. The molecule has 0 atom stereocenters. The fourth-order valence-electron chi connectivity index (χ4n) is 1.83. The second-order valence-electron chi connectivity index (χ2n) is 4.35. The minimum absolute atomic E-state index is 0.945. The number of hydrogen-bond donors (Lipinski definition) is 1. The molecule has 106 valence electrons. The molecule has 0 fully saturated rings. The quantitative estimate of drug-likeness (QED) is 0.295. The van der Waals surface area contributed by atoms with Gasteiger partial charge < -0.3 is 15.1 Å². The highest BCUT2D eigenvalue weighted by atomic mass is 15.3. The van der Waals surface area contributed by atoms with Gasteiger partial charge in [-0.1, -0.05) is 19.9 Å². The van der Waals surface area contributed by atoms with Gasteiger partial charge in [-0.15, -0.1) is 6.58 Å². The van der Waals surface area contributed by atoms with Crippen LogP contribution in [0.2, 0.25) is 0 Å². The van der Waals surface area contributed by atoms with E-state index in [1.54, 1.807) is 0 Å². The monoisotopic (exact) mass is 254 g/mol. The number of allylic oxidation sites excluding steroid dienone is 1. The van der Waals surface area contributed by atoms with Crippen LogP contribution in [0, 0.1) is 0 Å². The highest BCUT2D eigenvalue weighted by Gasteiger charge is 2.05. The van der Waals surface area contributed by atoms with Crippen molar-refractivity contribution in [2.75, 3.05) is 46.8 Å². The molecule has 0 unspecified atom stereocenters. The Hall–Kier alpha value is -1.03. The van der Waals surface area contributed by atoms with Crippen molar-refractivity contribution in [3.05, 3.63) is 12.7 Å². The molecule has 4 heteroatoms. The van der Waals surface area contributed by atoms with Gasteiger partial charge in [-0.3, -0.25) is 4.99 Å². The number of guanidine groups is 1. The number of rotatable bonds is 9. The van der Waals surface area contributed by atoms with Crippen LogP contribution in [0.5, 0.6) is 0 Å². The topological polar surface area (TPSA) is 30.9 Å². The van der Waals surface area contributed by atoms with Crippen molar-refractivity contribution in [1.29, 1.82) is 0 Å². The van der Waals surface area contributed by atoms with Crippen LogP contribution >= 0.6 is 0 Å². The molecular formula is C14H30N4. The molecule has 0 radical (unpaired) electrons. The lowest BCUT2D eigenvalue weighted by atomic mass is 10.3. The molecular weight excluding hydrogens is 224 g/mol. The van der Waals surface area contributed by atoms with E-state index in [4.69, 9.17) is 0 Å². The number of unbranched alkanes of at least 4 members (excludes halogenated alkanes) is 1. The number of nitrogens with zero attached hydrogens (tertiary/aromatic N) is 3. The van der Waals surface area contributed by atoms with E-state index in [-0.39, 0.29) is 0 Å². The summed E-state index contributed by atoms with van der Waals surface area (Å²) in [5, 5.41) is 3.40. The minimum Gasteiger partial charge on any atom is -0.355 e. The number of hydrogen-bond acceptors (Lipinski definition) is 2. The van der Waals surface area contributed by atoms with Gasteiger partial charge in [-0.25, -0.2) is 0 Å². The van der Waals surface area contributed by atoms with Crippen LogP contribution in [0.15, 0.2) is 17.6 Å².